The van der Waals surface area contributed by atoms with Crippen LogP contribution in [0.1, 0.15) is 19.8 Å². The van der Waals surface area contributed by atoms with Crippen LogP contribution in [0, 0.1) is 0 Å². The normalized spacial score (nSPS) is 20.0. The van der Waals surface area contributed by atoms with E-state index in [2.05, 4.69) is 17.0 Å². The highest BCUT2D eigenvalue weighted by Gasteiger charge is 2.22. The Morgan fingerprint density at radius 3 is 2.32 bits per heavy atom. The van der Waals surface area contributed by atoms with E-state index in [1.54, 1.807) is 6.92 Å². The second-order valence-corrected chi connectivity index (χ2v) is 5.92. The SMILES string of the molecule is CC(=O)N1CCC(Oc2ccc(N3CCOCC3)cc2)CC1. The molecule has 2 fully saturated rings. The second kappa shape index (κ2) is 7.01. The summed E-state index contributed by atoms with van der Waals surface area (Å²) in [6, 6.07) is 8.32. The minimum Gasteiger partial charge on any atom is -0.490 e. The standard InChI is InChI=1S/C17H24N2O3/c1-14(20)18-8-6-17(7-9-18)22-16-4-2-15(3-5-16)19-10-12-21-13-11-19/h2-5,17H,6-13H2,1H3. The minimum atomic E-state index is 0.160. The average Bonchev–Trinajstić information content (AvgIpc) is 2.57. The van der Waals surface area contributed by atoms with Gasteiger partial charge in [-0.05, 0) is 24.3 Å². The summed E-state index contributed by atoms with van der Waals surface area (Å²) in [4.78, 5) is 15.5. The van der Waals surface area contributed by atoms with Gasteiger partial charge in [-0.25, -0.2) is 0 Å². The monoisotopic (exact) mass is 304 g/mol. The largest absolute Gasteiger partial charge is 0.490 e. The highest BCUT2D eigenvalue weighted by atomic mass is 16.5. The Labute approximate surface area is 131 Å². The van der Waals surface area contributed by atoms with Crippen LogP contribution in [-0.4, -0.2) is 56.3 Å². The lowest BCUT2D eigenvalue weighted by Crippen LogP contribution is -2.40. The van der Waals surface area contributed by atoms with Crippen LogP contribution in [0.15, 0.2) is 24.3 Å². The van der Waals surface area contributed by atoms with Crippen molar-refractivity contribution in [3.63, 3.8) is 0 Å². The average molecular weight is 304 g/mol. The number of nitrogens with zero attached hydrogens (tertiary/aromatic N) is 2. The zero-order valence-electron chi connectivity index (χ0n) is 13.2. The van der Waals surface area contributed by atoms with Gasteiger partial charge in [0.15, 0.2) is 0 Å². The number of anilines is 1. The van der Waals surface area contributed by atoms with Gasteiger partial charge in [-0.2, -0.15) is 0 Å². The fourth-order valence-corrected chi connectivity index (χ4v) is 3.04. The fraction of sp³-hybridized carbons (Fsp3) is 0.588. The van der Waals surface area contributed by atoms with E-state index in [4.69, 9.17) is 9.47 Å². The van der Waals surface area contributed by atoms with Gasteiger partial charge in [0.05, 0.1) is 13.2 Å². The van der Waals surface area contributed by atoms with Crippen molar-refractivity contribution in [1.29, 1.82) is 0 Å². The Morgan fingerprint density at radius 2 is 1.73 bits per heavy atom. The van der Waals surface area contributed by atoms with E-state index in [0.717, 1.165) is 58.0 Å². The number of amides is 1. The molecule has 3 rings (SSSR count). The van der Waals surface area contributed by atoms with Crippen LogP contribution < -0.4 is 9.64 Å². The second-order valence-electron chi connectivity index (χ2n) is 5.92. The minimum absolute atomic E-state index is 0.160. The maximum atomic E-state index is 11.3. The van der Waals surface area contributed by atoms with Crippen LogP contribution >= 0.6 is 0 Å². The number of ether oxygens (including phenoxy) is 2. The van der Waals surface area contributed by atoms with Gasteiger partial charge in [0.25, 0.3) is 0 Å². The molecule has 0 saturated carbocycles. The molecule has 0 spiro atoms. The Hall–Kier alpha value is -1.75. The highest BCUT2D eigenvalue weighted by molar-refractivity contribution is 5.73. The van der Waals surface area contributed by atoms with Crippen molar-refractivity contribution in [3.8, 4) is 5.75 Å². The van der Waals surface area contributed by atoms with Crippen molar-refractivity contribution in [3.05, 3.63) is 24.3 Å². The lowest BCUT2D eigenvalue weighted by atomic mass is 10.1. The molecule has 0 radical (unpaired) electrons. The number of piperidine rings is 1. The number of rotatable bonds is 3. The third-order valence-electron chi connectivity index (χ3n) is 4.40. The Kier molecular flexibility index (Phi) is 4.83. The molecular formula is C17H24N2O3. The molecule has 0 bridgehead atoms. The first-order valence-corrected chi connectivity index (χ1v) is 8.07. The van der Waals surface area contributed by atoms with E-state index in [1.807, 2.05) is 17.0 Å². The molecule has 1 amide bonds. The molecule has 5 heteroatoms. The summed E-state index contributed by atoms with van der Waals surface area (Å²) in [5.74, 6) is 1.08. The molecule has 120 valence electrons. The molecule has 1 aromatic carbocycles. The van der Waals surface area contributed by atoms with Gasteiger partial charge >= 0.3 is 0 Å². The first-order chi connectivity index (χ1) is 10.7. The van der Waals surface area contributed by atoms with E-state index < -0.39 is 0 Å². The number of carbonyl (C=O) groups is 1. The smallest absolute Gasteiger partial charge is 0.219 e. The molecule has 2 heterocycles. The molecule has 0 unspecified atom stereocenters. The van der Waals surface area contributed by atoms with Gasteiger partial charge in [-0.1, -0.05) is 0 Å². The summed E-state index contributed by atoms with van der Waals surface area (Å²) in [6.07, 6.45) is 2.03. The molecule has 0 aromatic heterocycles. The number of benzene rings is 1. The molecule has 1 aromatic rings. The van der Waals surface area contributed by atoms with Gasteiger partial charge in [0.2, 0.25) is 5.91 Å². The van der Waals surface area contributed by atoms with Crippen molar-refractivity contribution < 1.29 is 14.3 Å². The first-order valence-electron chi connectivity index (χ1n) is 8.07. The van der Waals surface area contributed by atoms with Crippen LogP contribution in [-0.2, 0) is 9.53 Å². The molecule has 0 N–H and O–H groups in total. The predicted molar refractivity (Wildman–Crippen MR) is 85.4 cm³/mol. The van der Waals surface area contributed by atoms with Crippen LogP contribution in [0.3, 0.4) is 0 Å². The molecule has 5 nitrogen and oxygen atoms in total. The van der Waals surface area contributed by atoms with Gasteiger partial charge in [-0.15, -0.1) is 0 Å². The molecule has 22 heavy (non-hydrogen) atoms. The van der Waals surface area contributed by atoms with Gasteiger partial charge in [0, 0.05) is 51.6 Å². The number of hydrogen-bond acceptors (Lipinski definition) is 4. The van der Waals surface area contributed by atoms with Crippen molar-refractivity contribution in [1.82, 2.24) is 4.90 Å². The summed E-state index contributed by atoms with van der Waals surface area (Å²) < 4.78 is 11.4. The zero-order chi connectivity index (χ0) is 15.4. The van der Waals surface area contributed by atoms with Gasteiger partial charge < -0.3 is 19.3 Å². The van der Waals surface area contributed by atoms with Crippen LogP contribution in [0.2, 0.25) is 0 Å². The summed E-state index contributed by atoms with van der Waals surface area (Å²) >= 11 is 0. The third kappa shape index (κ3) is 3.71. The number of hydrogen-bond donors (Lipinski definition) is 0. The lowest BCUT2D eigenvalue weighted by Gasteiger charge is -2.32. The Morgan fingerprint density at radius 1 is 1.09 bits per heavy atom. The van der Waals surface area contributed by atoms with Crippen LogP contribution in [0.5, 0.6) is 5.75 Å². The van der Waals surface area contributed by atoms with Gasteiger partial charge in [-0.3, -0.25) is 4.79 Å². The van der Waals surface area contributed by atoms with Crippen molar-refractivity contribution >= 4 is 11.6 Å². The summed E-state index contributed by atoms with van der Waals surface area (Å²) in [5.41, 5.74) is 1.22. The zero-order valence-corrected chi connectivity index (χ0v) is 13.2. The molecule has 2 saturated heterocycles. The Bertz CT molecular complexity index is 489. The summed E-state index contributed by atoms with van der Waals surface area (Å²) in [5, 5.41) is 0. The molecule has 2 aliphatic heterocycles. The van der Waals surface area contributed by atoms with E-state index >= 15 is 0 Å². The van der Waals surface area contributed by atoms with Crippen molar-refractivity contribution in [2.75, 3.05) is 44.3 Å². The van der Waals surface area contributed by atoms with E-state index in [-0.39, 0.29) is 12.0 Å². The van der Waals surface area contributed by atoms with E-state index in [9.17, 15) is 4.79 Å². The third-order valence-corrected chi connectivity index (χ3v) is 4.40. The van der Waals surface area contributed by atoms with E-state index in [1.165, 1.54) is 5.69 Å². The first kappa shape index (κ1) is 15.2. The maximum Gasteiger partial charge on any atom is 0.219 e. The quantitative estimate of drug-likeness (QED) is 0.855. The van der Waals surface area contributed by atoms with Crippen LogP contribution in [0.25, 0.3) is 0 Å². The number of morpholine rings is 1. The molecule has 2 aliphatic rings. The molecule has 0 atom stereocenters. The Balaban J connectivity index is 1.52. The van der Waals surface area contributed by atoms with Crippen molar-refractivity contribution in [2.45, 2.75) is 25.9 Å². The number of likely N-dealkylation sites (tertiary alicyclic amines) is 1. The summed E-state index contributed by atoms with van der Waals surface area (Å²) in [7, 11) is 0. The maximum absolute atomic E-state index is 11.3. The van der Waals surface area contributed by atoms with E-state index in [0.29, 0.717) is 0 Å². The number of carbonyl (C=O) groups excluding carboxylic acids is 1. The van der Waals surface area contributed by atoms with Crippen molar-refractivity contribution in [2.24, 2.45) is 0 Å². The van der Waals surface area contributed by atoms with Gasteiger partial charge in [0.1, 0.15) is 11.9 Å². The van der Waals surface area contributed by atoms with Crippen LogP contribution in [0.4, 0.5) is 5.69 Å². The highest BCUT2D eigenvalue weighted by Crippen LogP contribution is 2.23. The topological polar surface area (TPSA) is 42.0 Å². The lowest BCUT2D eigenvalue weighted by molar-refractivity contribution is -0.130. The fourth-order valence-electron chi connectivity index (χ4n) is 3.04. The molecular weight excluding hydrogens is 280 g/mol. The predicted octanol–water partition coefficient (Wildman–Crippen LogP) is 1.91. The summed E-state index contributed by atoms with van der Waals surface area (Å²) in [6.45, 7) is 6.72. The molecule has 0 aliphatic carbocycles.